The fourth-order valence-corrected chi connectivity index (χ4v) is 2.65. The van der Waals surface area contributed by atoms with Gasteiger partial charge in [-0.3, -0.25) is 0 Å². The molecule has 0 heterocycles. The van der Waals surface area contributed by atoms with E-state index in [1.54, 1.807) is 25.2 Å². The lowest BCUT2D eigenvalue weighted by atomic mass is 9.96. The molecule has 106 valence electrons. The normalized spacial score (nSPS) is 12.4. The van der Waals surface area contributed by atoms with E-state index in [0.29, 0.717) is 16.5 Å². The van der Waals surface area contributed by atoms with Crippen LogP contribution in [0.5, 0.6) is 0 Å². The smallest absolute Gasteiger partial charge is 0.142 e. The molecule has 4 heteroatoms. The number of aryl methyl sites for hydroxylation is 1. The Morgan fingerprint density at radius 1 is 1.20 bits per heavy atom. The minimum absolute atomic E-state index is 0.156. The molecule has 2 aromatic rings. The average Bonchev–Trinajstić information content (AvgIpc) is 2.42. The Balaban J connectivity index is 2.31. The average molecular weight is 340 g/mol. The van der Waals surface area contributed by atoms with Gasteiger partial charge in [-0.25, -0.2) is 8.78 Å². The van der Waals surface area contributed by atoms with Gasteiger partial charge in [-0.15, -0.1) is 0 Å². The van der Waals surface area contributed by atoms with Crippen LogP contribution in [0, 0.1) is 18.6 Å². The summed E-state index contributed by atoms with van der Waals surface area (Å²) in [6.45, 7) is 1.86. The molecule has 0 aliphatic rings. The standard InChI is InChI=1S/C16H16BrF2N/c1-10-8-12(18)7-6-11(10)9-15(20-2)13-4-3-5-14(17)16(13)19/h3-8,15,20H,9H2,1-2H3. The van der Waals surface area contributed by atoms with Gasteiger partial charge < -0.3 is 5.32 Å². The van der Waals surface area contributed by atoms with Gasteiger partial charge in [-0.1, -0.05) is 18.2 Å². The van der Waals surface area contributed by atoms with Crippen molar-refractivity contribution in [3.05, 3.63) is 69.2 Å². The summed E-state index contributed by atoms with van der Waals surface area (Å²) in [5.74, 6) is -0.507. The Kier molecular flexibility index (Phi) is 4.89. The van der Waals surface area contributed by atoms with Crippen LogP contribution in [0.1, 0.15) is 22.7 Å². The first kappa shape index (κ1) is 15.1. The van der Waals surface area contributed by atoms with E-state index in [0.717, 1.165) is 11.1 Å². The highest BCUT2D eigenvalue weighted by atomic mass is 79.9. The number of nitrogens with one attached hydrogen (secondary N) is 1. The number of rotatable bonds is 4. The molecule has 0 saturated heterocycles. The van der Waals surface area contributed by atoms with E-state index < -0.39 is 0 Å². The molecule has 1 atom stereocenters. The SMILES string of the molecule is CNC(Cc1ccc(F)cc1C)c1cccc(Br)c1F. The van der Waals surface area contributed by atoms with Crippen LogP contribution in [-0.2, 0) is 6.42 Å². The van der Waals surface area contributed by atoms with Crippen LogP contribution in [0.25, 0.3) is 0 Å². The Bertz CT molecular complexity index is 613. The van der Waals surface area contributed by atoms with E-state index in [1.807, 2.05) is 13.0 Å². The summed E-state index contributed by atoms with van der Waals surface area (Å²) >= 11 is 3.20. The van der Waals surface area contributed by atoms with Crippen LogP contribution in [0.3, 0.4) is 0 Å². The number of likely N-dealkylation sites (N-methyl/N-ethyl adjacent to an activating group) is 1. The molecule has 0 spiro atoms. The highest BCUT2D eigenvalue weighted by molar-refractivity contribution is 9.10. The summed E-state index contributed by atoms with van der Waals surface area (Å²) in [5.41, 5.74) is 2.48. The van der Waals surface area contributed by atoms with Gasteiger partial charge >= 0.3 is 0 Å². The van der Waals surface area contributed by atoms with Crippen LogP contribution < -0.4 is 5.32 Å². The molecular weight excluding hydrogens is 324 g/mol. The largest absolute Gasteiger partial charge is 0.313 e. The number of halogens is 3. The van der Waals surface area contributed by atoms with E-state index in [-0.39, 0.29) is 17.7 Å². The Hall–Kier alpha value is -1.26. The second-order valence-corrected chi connectivity index (χ2v) is 5.61. The van der Waals surface area contributed by atoms with Crippen LogP contribution in [0.4, 0.5) is 8.78 Å². The van der Waals surface area contributed by atoms with Crippen molar-refractivity contribution < 1.29 is 8.78 Å². The van der Waals surface area contributed by atoms with E-state index >= 15 is 0 Å². The van der Waals surface area contributed by atoms with Crippen molar-refractivity contribution in [1.82, 2.24) is 5.32 Å². The van der Waals surface area contributed by atoms with Crippen LogP contribution >= 0.6 is 15.9 Å². The number of hydrogen-bond donors (Lipinski definition) is 1. The van der Waals surface area contributed by atoms with Crippen molar-refractivity contribution >= 4 is 15.9 Å². The minimum atomic E-state index is -0.258. The molecule has 0 saturated carbocycles. The van der Waals surface area contributed by atoms with Gasteiger partial charge in [-0.05, 0) is 65.6 Å². The molecule has 1 N–H and O–H groups in total. The maximum atomic E-state index is 14.2. The predicted molar refractivity (Wildman–Crippen MR) is 80.7 cm³/mol. The molecule has 0 fully saturated rings. The molecule has 0 bridgehead atoms. The van der Waals surface area contributed by atoms with Crippen LogP contribution in [0.2, 0.25) is 0 Å². The zero-order chi connectivity index (χ0) is 14.7. The summed E-state index contributed by atoms with van der Waals surface area (Å²) in [7, 11) is 1.80. The lowest BCUT2D eigenvalue weighted by Gasteiger charge is -2.19. The lowest BCUT2D eigenvalue weighted by Crippen LogP contribution is -2.20. The zero-order valence-electron chi connectivity index (χ0n) is 11.4. The minimum Gasteiger partial charge on any atom is -0.313 e. The highest BCUT2D eigenvalue weighted by Gasteiger charge is 2.17. The first-order valence-electron chi connectivity index (χ1n) is 6.39. The molecule has 0 aromatic heterocycles. The third-order valence-electron chi connectivity index (χ3n) is 3.43. The predicted octanol–water partition coefficient (Wildman–Crippen LogP) is 4.54. The molecule has 1 unspecified atom stereocenters. The molecule has 2 aromatic carbocycles. The Morgan fingerprint density at radius 2 is 1.95 bits per heavy atom. The van der Waals surface area contributed by atoms with Gasteiger partial charge in [0.2, 0.25) is 0 Å². The first-order chi connectivity index (χ1) is 9.52. The third-order valence-corrected chi connectivity index (χ3v) is 4.05. The van der Waals surface area contributed by atoms with Gasteiger partial charge in [0.25, 0.3) is 0 Å². The van der Waals surface area contributed by atoms with Gasteiger partial charge in [0, 0.05) is 11.6 Å². The summed E-state index contributed by atoms with van der Waals surface area (Å²) < 4.78 is 27.7. The monoisotopic (exact) mass is 339 g/mol. The van der Waals surface area contributed by atoms with Gasteiger partial charge in [0.15, 0.2) is 0 Å². The van der Waals surface area contributed by atoms with Gasteiger partial charge in [0.05, 0.1) is 4.47 Å². The molecular formula is C16H16BrF2N. The summed E-state index contributed by atoms with van der Waals surface area (Å²) in [6.07, 6.45) is 0.607. The van der Waals surface area contributed by atoms with Gasteiger partial charge in [-0.2, -0.15) is 0 Å². The van der Waals surface area contributed by atoms with E-state index in [1.165, 1.54) is 12.1 Å². The topological polar surface area (TPSA) is 12.0 Å². The van der Waals surface area contributed by atoms with Crippen LogP contribution in [-0.4, -0.2) is 7.05 Å². The second-order valence-electron chi connectivity index (χ2n) is 4.76. The van der Waals surface area contributed by atoms with E-state index in [9.17, 15) is 8.78 Å². The molecule has 2 rings (SSSR count). The van der Waals surface area contributed by atoms with Crippen molar-refractivity contribution in [1.29, 1.82) is 0 Å². The fourth-order valence-electron chi connectivity index (χ4n) is 2.27. The first-order valence-corrected chi connectivity index (χ1v) is 7.18. The van der Waals surface area contributed by atoms with Crippen molar-refractivity contribution in [2.75, 3.05) is 7.05 Å². The van der Waals surface area contributed by atoms with Crippen molar-refractivity contribution in [2.24, 2.45) is 0 Å². The van der Waals surface area contributed by atoms with Gasteiger partial charge in [0.1, 0.15) is 11.6 Å². The molecule has 20 heavy (non-hydrogen) atoms. The van der Waals surface area contributed by atoms with Crippen molar-refractivity contribution in [3.63, 3.8) is 0 Å². The van der Waals surface area contributed by atoms with E-state index in [2.05, 4.69) is 21.2 Å². The quantitative estimate of drug-likeness (QED) is 0.862. The maximum absolute atomic E-state index is 14.2. The number of benzene rings is 2. The lowest BCUT2D eigenvalue weighted by molar-refractivity contribution is 0.529. The maximum Gasteiger partial charge on any atom is 0.142 e. The molecule has 0 amide bonds. The summed E-state index contributed by atoms with van der Waals surface area (Å²) in [4.78, 5) is 0. The van der Waals surface area contributed by atoms with Crippen LogP contribution in [0.15, 0.2) is 40.9 Å². The fraction of sp³-hybridized carbons (Fsp3) is 0.250. The number of hydrogen-bond acceptors (Lipinski definition) is 1. The van der Waals surface area contributed by atoms with Crippen molar-refractivity contribution in [3.8, 4) is 0 Å². The highest BCUT2D eigenvalue weighted by Crippen LogP contribution is 2.27. The summed E-state index contributed by atoms with van der Waals surface area (Å²) in [5, 5.41) is 3.12. The van der Waals surface area contributed by atoms with E-state index in [4.69, 9.17) is 0 Å². The zero-order valence-corrected chi connectivity index (χ0v) is 13.0. The Morgan fingerprint density at radius 3 is 2.60 bits per heavy atom. The summed E-state index contributed by atoms with van der Waals surface area (Å²) in [6, 6.07) is 9.78. The molecule has 0 radical (unpaired) electrons. The second kappa shape index (κ2) is 6.46. The molecule has 0 aliphatic carbocycles. The molecule has 0 aliphatic heterocycles. The Labute approximate surface area is 126 Å². The van der Waals surface area contributed by atoms with Crippen molar-refractivity contribution in [2.45, 2.75) is 19.4 Å². The third kappa shape index (κ3) is 3.25. The molecule has 1 nitrogen and oxygen atoms in total.